The van der Waals surface area contributed by atoms with Crippen LogP contribution in [0.25, 0.3) is 10.9 Å². The fraction of sp³-hybridized carbons (Fsp3) is 0.0625. The Balaban J connectivity index is 1.92. The molecule has 0 radical (unpaired) electrons. The van der Waals surface area contributed by atoms with E-state index in [1.165, 1.54) is 0 Å². The van der Waals surface area contributed by atoms with Crippen LogP contribution in [0.3, 0.4) is 0 Å². The van der Waals surface area contributed by atoms with E-state index < -0.39 is 0 Å². The van der Waals surface area contributed by atoms with E-state index in [1.54, 1.807) is 6.20 Å². The van der Waals surface area contributed by atoms with Crippen molar-refractivity contribution in [2.75, 3.05) is 11.1 Å². The summed E-state index contributed by atoms with van der Waals surface area (Å²) in [7, 11) is 0. The molecule has 1 heterocycles. The zero-order valence-electron chi connectivity index (χ0n) is 10.8. The molecule has 20 heavy (non-hydrogen) atoms. The number of benzene rings is 2. The van der Waals surface area contributed by atoms with Crippen molar-refractivity contribution < 1.29 is 0 Å². The zero-order valence-corrected chi connectivity index (χ0v) is 11.6. The van der Waals surface area contributed by atoms with Gasteiger partial charge in [0.25, 0.3) is 0 Å². The van der Waals surface area contributed by atoms with Crippen LogP contribution in [0.2, 0.25) is 5.02 Å². The summed E-state index contributed by atoms with van der Waals surface area (Å²) in [4.78, 5) is 4.32. The summed E-state index contributed by atoms with van der Waals surface area (Å²) in [5.41, 5.74) is 9.51. The average molecular weight is 284 g/mol. The summed E-state index contributed by atoms with van der Waals surface area (Å²) in [5.74, 6) is 0. The molecule has 1 aromatic heterocycles. The number of fused-ring (bicyclic) bond motifs is 1. The van der Waals surface area contributed by atoms with Gasteiger partial charge in [-0.1, -0.05) is 41.9 Å². The van der Waals surface area contributed by atoms with Crippen molar-refractivity contribution in [3.63, 3.8) is 0 Å². The van der Waals surface area contributed by atoms with Crippen LogP contribution >= 0.6 is 11.6 Å². The Labute approximate surface area is 122 Å². The van der Waals surface area contributed by atoms with Crippen molar-refractivity contribution in [3.8, 4) is 0 Å². The van der Waals surface area contributed by atoms with Crippen molar-refractivity contribution >= 4 is 33.9 Å². The van der Waals surface area contributed by atoms with E-state index in [-0.39, 0.29) is 0 Å². The third-order valence-electron chi connectivity index (χ3n) is 3.23. The molecule has 0 aliphatic carbocycles. The van der Waals surface area contributed by atoms with E-state index >= 15 is 0 Å². The van der Waals surface area contributed by atoms with Gasteiger partial charge < -0.3 is 11.1 Å². The largest absolute Gasteiger partial charge is 0.397 e. The summed E-state index contributed by atoms with van der Waals surface area (Å²) in [6.45, 7) is 0.660. The molecule has 0 amide bonds. The van der Waals surface area contributed by atoms with E-state index in [2.05, 4.69) is 10.3 Å². The number of nitrogen functional groups attached to an aromatic ring is 1. The molecule has 0 unspecified atom stereocenters. The number of pyridine rings is 1. The van der Waals surface area contributed by atoms with Gasteiger partial charge in [0.15, 0.2) is 0 Å². The molecule has 0 bridgehead atoms. The first kappa shape index (κ1) is 12.8. The van der Waals surface area contributed by atoms with Gasteiger partial charge in [0.1, 0.15) is 0 Å². The van der Waals surface area contributed by atoms with Crippen LogP contribution in [0.15, 0.2) is 54.7 Å². The number of halogens is 1. The molecule has 0 saturated carbocycles. The first-order chi connectivity index (χ1) is 9.75. The van der Waals surface area contributed by atoms with Crippen molar-refractivity contribution in [3.05, 3.63) is 65.3 Å². The Morgan fingerprint density at radius 1 is 1.05 bits per heavy atom. The van der Waals surface area contributed by atoms with Crippen LogP contribution in [-0.2, 0) is 6.54 Å². The Bertz CT molecular complexity index is 756. The van der Waals surface area contributed by atoms with Crippen LogP contribution in [0.1, 0.15) is 5.56 Å². The zero-order chi connectivity index (χ0) is 13.9. The first-order valence-electron chi connectivity index (χ1n) is 6.36. The molecule has 2 aromatic carbocycles. The summed E-state index contributed by atoms with van der Waals surface area (Å²) in [6.07, 6.45) is 1.76. The molecule has 0 fully saturated rings. The number of hydrogen-bond donors (Lipinski definition) is 2. The molecule has 0 spiro atoms. The molecule has 0 atom stereocenters. The second-order valence-electron chi connectivity index (χ2n) is 4.55. The molecule has 3 nitrogen and oxygen atoms in total. The number of anilines is 2. The van der Waals surface area contributed by atoms with Crippen molar-refractivity contribution in [2.45, 2.75) is 6.54 Å². The average Bonchev–Trinajstić information content (AvgIpc) is 2.47. The lowest BCUT2D eigenvalue weighted by Gasteiger charge is -2.11. The molecule has 4 heteroatoms. The highest BCUT2D eigenvalue weighted by Crippen LogP contribution is 2.26. The normalized spacial score (nSPS) is 10.7. The third-order valence-corrected chi connectivity index (χ3v) is 3.60. The van der Waals surface area contributed by atoms with Gasteiger partial charge in [-0.3, -0.25) is 4.98 Å². The van der Waals surface area contributed by atoms with E-state index in [9.17, 15) is 0 Å². The SMILES string of the molecule is Nc1cccc2c(NCc3ccccc3Cl)ccnc12. The van der Waals surface area contributed by atoms with Crippen molar-refractivity contribution in [1.82, 2.24) is 4.98 Å². The molecule has 3 rings (SSSR count). The van der Waals surface area contributed by atoms with E-state index in [1.807, 2.05) is 48.5 Å². The molecule has 0 saturated heterocycles. The summed E-state index contributed by atoms with van der Waals surface area (Å²) in [6, 6.07) is 15.5. The maximum absolute atomic E-state index is 6.16. The number of hydrogen-bond acceptors (Lipinski definition) is 3. The predicted molar refractivity (Wildman–Crippen MR) is 84.9 cm³/mol. The quantitative estimate of drug-likeness (QED) is 0.712. The van der Waals surface area contributed by atoms with E-state index in [0.717, 1.165) is 27.2 Å². The van der Waals surface area contributed by atoms with Gasteiger partial charge in [-0.25, -0.2) is 0 Å². The second kappa shape index (κ2) is 5.39. The van der Waals surface area contributed by atoms with Crippen LogP contribution in [0.4, 0.5) is 11.4 Å². The first-order valence-corrected chi connectivity index (χ1v) is 6.74. The lowest BCUT2D eigenvalue weighted by atomic mass is 10.1. The smallest absolute Gasteiger partial charge is 0.0951 e. The third kappa shape index (κ3) is 2.40. The van der Waals surface area contributed by atoms with Crippen molar-refractivity contribution in [1.29, 1.82) is 0 Å². The Morgan fingerprint density at radius 3 is 2.75 bits per heavy atom. The number of aromatic nitrogens is 1. The summed E-state index contributed by atoms with van der Waals surface area (Å²) >= 11 is 6.16. The number of nitrogens with two attached hydrogens (primary N) is 1. The van der Waals surface area contributed by atoms with Gasteiger partial charge in [-0.15, -0.1) is 0 Å². The number of para-hydroxylation sites is 1. The molecular formula is C16H14ClN3. The maximum atomic E-state index is 6.16. The number of nitrogens with one attached hydrogen (secondary N) is 1. The topological polar surface area (TPSA) is 50.9 Å². The predicted octanol–water partition coefficient (Wildman–Crippen LogP) is 4.08. The highest BCUT2D eigenvalue weighted by atomic mass is 35.5. The van der Waals surface area contributed by atoms with Gasteiger partial charge in [0.2, 0.25) is 0 Å². The minimum atomic E-state index is 0.660. The molecule has 3 N–H and O–H groups in total. The minimum Gasteiger partial charge on any atom is -0.397 e. The fourth-order valence-corrected chi connectivity index (χ4v) is 2.39. The van der Waals surface area contributed by atoms with Crippen LogP contribution < -0.4 is 11.1 Å². The van der Waals surface area contributed by atoms with Crippen LogP contribution in [0.5, 0.6) is 0 Å². The molecule has 3 aromatic rings. The van der Waals surface area contributed by atoms with Gasteiger partial charge in [-0.05, 0) is 23.8 Å². The summed E-state index contributed by atoms with van der Waals surface area (Å²) in [5, 5.41) is 5.17. The Hall–Kier alpha value is -2.26. The Morgan fingerprint density at radius 2 is 1.90 bits per heavy atom. The lowest BCUT2D eigenvalue weighted by Crippen LogP contribution is -2.01. The van der Waals surface area contributed by atoms with E-state index in [0.29, 0.717) is 12.2 Å². The summed E-state index contributed by atoms with van der Waals surface area (Å²) < 4.78 is 0. The van der Waals surface area contributed by atoms with Gasteiger partial charge in [0.05, 0.1) is 11.2 Å². The standard InChI is InChI=1S/C16H14ClN3/c17-13-6-2-1-4-11(13)10-20-15-8-9-19-16-12(15)5-3-7-14(16)18/h1-9H,10,18H2,(H,19,20). The minimum absolute atomic E-state index is 0.660. The van der Waals surface area contributed by atoms with Gasteiger partial charge in [-0.2, -0.15) is 0 Å². The van der Waals surface area contributed by atoms with Crippen LogP contribution in [0, 0.1) is 0 Å². The van der Waals surface area contributed by atoms with Crippen LogP contribution in [-0.4, -0.2) is 4.98 Å². The van der Waals surface area contributed by atoms with Crippen molar-refractivity contribution in [2.24, 2.45) is 0 Å². The van der Waals surface area contributed by atoms with Gasteiger partial charge >= 0.3 is 0 Å². The fourth-order valence-electron chi connectivity index (χ4n) is 2.19. The van der Waals surface area contributed by atoms with Gasteiger partial charge in [0, 0.05) is 28.8 Å². The molecule has 0 aliphatic rings. The lowest BCUT2D eigenvalue weighted by molar-refractivity contribution is 1.15. The highest BCUT2D eigenvalue weighted by molar-refractivity contribution is 6.31. The Kier molecular flexibility index (Phi) is 3.44. The molecular weight excluding hydrogens is 270 g/mol. The number of rotatable bonds is 3. The monoisotopic (exact) mass is 283 g/mol. The van der Waals surface area contributed by atoms with E-state index in [4.69, 9.17) is 17.3 Å². The molecule has 0 aliphatic heterocycles. The maximum Gasteiger partial charge on any atom is 0.0951 e. The second-order valence-corrected chi connectivity index (χ2v) is 4.95. The highest BCUT2D eigenvalue weighted by Gasteiger charge is 2.05. The number of nitrogens with zero attached hydrogens (tertiary/aromatic N) is 1. The molecule has 100 valence electrons.